The van der Waals surface area contributed by atoms with Gasteiger partial charge in [0.05, 0.1) is 18.3 Å². The number of halogens is 1. The van der Waals surface area contributed by atoms with Gasteiger partial charge in [-0.1, -0.05) is 18.2 Å². The summed E-state index contributed by atoms with van der Waals surface area (Å²) in [5.74, 6) is 0.188. The number of hydrogen-bond acceptors (Lipinski definition) is 3. The van der Waals surface area contributed by atoms with Crippen LogP contribution in [0.5, 0.6) is 0 Å². The SMILES string of the molecule is CNC1CCCN(C(=O)Cc2cnn(-c3ccccc3)c2)C1.Cl. The monoisotopic (exact) mass is 334 g/mol. The van der Waals surface area contributed by atoms with Gasteiger partial charge in [-0.3, -0.25) is 4.79 Å². The lowest BCUT2D eigenvalue weighted by Gasteiger charge is -2.32. The third-order valence-corrected chi connectivity index (χ3v) is 4.19. The van der Waals surface area contributed by atoms with Crippen molar-refractivity contribution < 1.29 is 4.79 Å². The third-order valence-electron chi connectivity index (χ3n) is 4.19. The number of nitrogens with one attached hydrogen (secondary N) is 1. The molecule has 1 unspecified atom stereocenters. The fraction of sp³-hybridized carbons (Fsp3) is 0.412. The van der Waals surface area contributed by atoms with E-state index in [1.54, 1.807) is 6.20 Å². The van der Waals surface area contributed by atoms with E-state index in [1.807, 2.05) is 53.2 Å². The molecule has 1 aromatic carbocycles. The van der Waals surface area contributed by atoms with Gasteiger partial charge in [0.15, 0.2) is 0 Å². The number of nitrogens with zero attached hydrogens (tertiary/aromatic N) is 3. The molecule has 1 aromatic heterocycles. The minimum atomic E-state index is 0. The van der Waals surface area contributed by atoms with Crippen molar-refractivity contribution in [2.75, 3.05) is 20.1 Å². The Labute approximate surface area is 143 Å². The Morgan fingerprint density at radius 3 is 2.87 bits per heavy atom. The van der Waals surface area contributed by atoms with Gasteiger partial charge in [0.2, 0.25) is 5.91 Å². The summed E-state index contributed by atoms with van der Waals surface area (Å²) in [4.78, 5) is 14.4. The highest BCUT2D eigenvalue weighted by Crippen LogP contribution is 2.13. The van der Waals surface area contributed by atoms with Gasteiger partial charge in [-0.05, 0) is 37.6 Å². The van der Waals surface area contributed by atoms with E-state index in [2.05, 4.69) is 10.4 Å². The molecule has 0 aliphatic carbocycles. The summed E-state index contributed by atoms with van der Waals surface area (Å²) in [6.45, 7) is 1.67. The topological polar surface area (TPSA) is 50.2 Å². The summed E-state index contributed by atoms with van der Waals surface area (Å²) in [5.41, 5.74) is 1.97. The Hall–Kier alpha value is -1.85. The van der Waals surface area contributed by atoms with Crippen LogP contribution in [0, 0.1) is 0 Å². The zero-order chi connectivity index (χ0) is 15.4. The molecule has 1 aliphatic heterocycles. The van der Waals surface area contributed by atoms with E-state index < -0.39 is 0 Å². The van der Waals surface area contributed by atoms with Crippen LogP contribution < -0.4 is 5.32 Å². The lowest BCUT2D eigenvalue weighted by molar-refractivity contribution is -0.131. The minimum Gasteiger partial charge on any atom is -0.341 e. The number of piperidine rings is 1. The molecule has 0 saturated carbocycles. The number of hydrogen-bond donors (Lipinski definition) is 1. The van der Waals surface area contributed by atoms with E-state index in [0.717, 1.165) is 37.2 Å². The highest BCUT2D eigenvalue weighted by molar-refractivity contribution is 5.85. The van der Waals surface area contributed by atoms with Crippen molar-refractivity contribution in [1.82, 2.24) is 20.0 Å². The van der Waals surface area contributed by atoms with Crippen LogP contribution in [0.15, 0.2) is 42.7 Å². The Kier molecular flexibility index (Phi) is 6.19. The molecule has 1 N–H and O–H groups in total. The smallest absolute Gasteiger partial charge is 0.227 e. The standard InChI is InChI=1S/C17H22N4O.ClH/c1-18-15-6-5-9-20(13-15)17(22)10-14-11-19-21(12-14)16-7-3-2-4-8-16;/h2-4,7-8,11-12,15,18H,5-6,9-10,13H2,1H3;1H. The highest BCUT2D eigenvalue weighted by Gasteiger charge is 2.22. The normalized spacial score (nSPS) is 17.6. The molecule has 23 heavy (non-hydrogen) atoms. The minimum absolute atomic E-state index is 0. The Bertz CT molecular complexity index is 629. The zero-order valence-corrected chi connectivity index (χ0v) is 14.1. The summed E-state index contributed by atoms with van der Waals surface area (Å²) in [6.07, 6.45) is 6.35. The van der Waals surface area contributed by atoms with E-state index in [-0.39, 0.29) is 18.3 Å². The number of amides is 1. The number of para-hydroxylation sites is 1. The first-order valence-electron chi connectivity index (χ1n) is 7.80. The van der Waals surface area contributed by atoms with Gasteiger partial charge < -0.3 is 10.2 Å². The lowest BCUT2D eigenvalue weighted by Crippen LogP contribution is -2.47. The van der Waals surface area contributed by atoms with E-state index in [1.165, 1.54) is 0 Å². The summed E-state index contributed by atoms with van der Waals surface area (Å²) in [6, 6.07) is 10.4. The fourth-order valence-corrected chi connectivity index (χ4v) is 2.90. The second-order valence-corrected chi connectivity index (χ2v) is 5.77. The Morgan fingerprint density at radius 1 is 1.35 bits per heavy atom. The first kappa shape index (κ1) is 17.5. The summed E-state index contributed by atoms with van der Waals surface area (Å²) in [7, 11) is 1.96. The number of likely N-dealkylation sites (N-methyl/N-ethyl adjacent to an activating group) is 1. The first-order valence-corrected chi connectivity index (χ1v) is 7.80. The van der Waals surface area contributed by atoms with Crippen LogP contribution in [-0.2, 0) is 11.2 Å². The van der Waals surface area contributed by atoms with Crippen molar-refractivity contribution in [2.45, 2.75) is 25.3 Å². The molecule has 1 atom stereocenters. The fourth-order valence-electron chi connectivity index (χ4n) is 2.90. The second-order valence-electron chi connectivity index (χ2n) is 5.77. The predicted octanol–water partition coefficient (Wildman–Crippen LogP) is 2.05. The molecule has 1 aliphatic rings. The van der Waals surface area contributed by atoms with Crippen molar-refractivity contribution in [3.63, 3.8) is 0 Å². The molecule has 0 radical (unpaired) electrons. The largest absolute Gasteiger partial charge is 0.341 e. The maximum absolute atomic E-state index is 12.4. The number of aromatic nitrogens is 2. The molecular formula is C17H23ClN4O. The first-order chi connectivity index (χ1) is 10.8. The third kappa shape index (κ3) is 4.33. The molecular weight excluding hydrogens is 312 g/mol. The molecule has 124 valence electrons. The molecule has 2 aromatic rings. The molecule has 1 saturated heterocycles. The van der Waals surface area contributed by atoms with Crippen molar-refractivity contribution in [3.05, 3.63) is 48.3 Å². The van der Waals surface area contributed by atoms with E-state index in [4.69, 9.17) is 0 Å². The number of carbonyl (C=O) groups is 1. The van der Waals surface area contributed by atoms with Crippen LogP contribution >= 0.6 is 12.4 Å². The van der Waals surface area contributed by atoms with E-state index >= 15 is 0 Å². The van der Waals surface area contributed by atoms with Crippen LogP contribution in [0.3, 0.4) is 0 Å². The number of benzene rings is 1. The lowest BCUT2D eigenvalue weighted by atomic mass is 10.1. The Morgan fingerprint density at radius 2 is 2.13 bits per heavy atom. The predicted molar refractivity (Wildman–Crippen MR) is 93.2 cm³/mol. The van der Waals surface area contributed by atoms with Crippen LogP contribution in [-0.4, -0.2) is 46.8 Å². The van der Waals surface area contributed by atoms with Crippen molar-refractivity contribution in [2.24, 2.45) is 0 Å². The van der Waals surface area contributed by atoms with Crippen molar-refractivity contribution in [3.8, 4) is 5.69 Å². The average Bonchev–Trinajstić information content (AvgIpc) is 3.04. The van der Waals surface area contributed by atoms with Crippen molar-refractivity contribution in [1.29, 1.82) is 0 Å². The molecule has 1 fully saturated rings. The maximum Gasteiger partial charge on any atom is 0.227 e. The van der Waals surface area contributed by atoms with Crippen LogP contribution in [0.25, 0.3) is 5.69 Å². The van der Waals surface area contributed by atoms with Crippen LogP contribution in [0.4, 0.5) is 0 Å². The molecule has 5 nitrogen and oxygen atoms in total. The quantitative estimate of drug-likeness (QED) is 0.931. The van der Waals surface area contributed by atoms with Crippen molar-refractivity contribution >= 4 is 18.3 Å². The number of likely N-dealkylation sites (tertiary alicyclic amines) is 1. The van der Waals surface area contributed by atoms with Gasteiger partial charge in [-0.2, -0.15) is 5.10 Å². The molecule has 1 amide bonds. The zero-order valence-electron chi connectivity index (χ0n) is 13.3. The van der Waals surface area contributed by atoms with Gasteiger partial charge in [0.1, 0.15) is 0 Å². The molecule has 3 rings (SSSR count). The second kappa shape index (κ2) is 8.13. The number of carbonyl (C=O) groups excluding carboxylic acids is 1. The maximum atomic E-state index is 12.4. The van der Waals surface area contributed by atoms with Gasteiger partial charge in [0, 0.05) is 25.3 Å². The average molecular weight is 335 g/mol. The number of rotatable bonds is 4. The van der Waals surface area contributed by atoms with Crippen LogP contribution in [0.2, 0.25) is 0 Å². The van der Waals surface area contributed by atoms with Gasteiger partial charge in [0.25, 0.3) is 0 Å². The summed E-state index contributed by atoms with van der Waals surface area (Å²) < 4.78 is 1.81. The van der Waals surface area contributed by atoms with E-state index in [0.29, 0.717) is 12.5 Å². The summed E-state index contributed by atoms with van der Waals surface area (Å²) in [5, 5.41) is 7.62. The van der Waals surface area contributed by atoms with Crippen LogP contribution in [0.1, 0.15) is 18.4 Å². The van der Waals surface area contributed by atoms with E-state index in [9.17, 15) is 4.79 Å². The highest BCUT2D eigenvalue weighted by atomic mass is 35.5. The molecule has 0 bridgehead atoms. The van der Waals surface area contributed by atoms with Gasteiger partial charge >= 0.3 is 0 Å². The van der Waals surface area contributed by atoms with Gasteiger partial charge in [-0.25, -0.2) is 4.68 Å². The molecule has 0 spiro atoms. The Balaban J connectivity index is 0.00000192. The van der Waals surface area contributed by atoms with Gasteiger partial charge in [-0.15, -0.1) is 12.4 Å². The molecule has 6 heteroatoms. The molecule has 2 heterocycles. The summed E-state index contributed by atoms with van der Waals surface area (Å²) >= 11 is 0.